The Bertz CT molecular complexity index is 2140. The van der Waals surface area contributed by atoms with Crippen molar-refractivity contribution in [3.05, 3.63) is 189 Å². The van der Waals surface area contributed by atoms with E-state index in [1.807, 2.05) is 111 Å². The minimum Gasteiger partial charge on any atom is -0.366 e. The van der Waals surface area contributed by atoms with Crippen molar-refractivity contribution in [2.24, 2.45) is 10.4 Å². The molecule has 0 spiro atoms. The monoisotopic (exact) mass is 1160 g/mol. The second kappa shape index (κ2) is 28.7. The number of benzene rings is 3. The molecule has 320 valence electrons. The van der Waals surface area contributed by atoms with Gasteiger partial charge in [0.25, 0.3) is 0 Å². The van der Waals surface area contributed by atoms with Crippen LogP contribution in [0.5, 0.6) is 0 Å². The smallest absolute Gasteiger partial charge is 0.366 e. The molecule has 2 aromatic heterocycles. The van der Waals surface area contributed by atoms with E-state index in [0.29, 0.717) is 5.70 Å². The van der Waals surface area contributed by atoms with Gasteiger partial charge in [-0.05, 0) is 103 Å². The molecule has 7 heteroatoms. The maximum Gasteiger partial charge on any atom is 2.00 e. The molecule has 3 aromatic carbocycles. The molecule has 0 unspecified atom stereocenters. The molecule has 0 bridgehead atoms. The molecule has 0 amide bonds. The first kappa shape index (κ1) is 55.3. The maximum absolute atomic E-state index is 4.65. The van der Waals surface area contributed by atoms with Gasteiger partial charge in [0, 0.05) is 37.9 Å². The number of rotatable bonds is 9. The Kier molecular flexibility index (Phi) is 26.5. The summed E-state index contributed by atoms with van der Waals surface area (Å²) in [5.74, 6) is 0. The Hall–Kier alpha value is -4.69. The van der Waals surface area contributed by atoms with Crippen LogP contribution in [0.4, 0.5) is 17.1 Å². The molecule has 5 nitrogen and oxygen atoms in total. The van der Waals surface area contributed by atoms with Crippen molar-refractivity contribution in [2.45, 2.75) is 68.2 Å². The van der Waals surface area contributed by atoms with Crippen molar-refractivity contribution in [3.8, 4) is 22.5 Å². The van der Waals surface area contributed by atoms with Crippen LogP contribution in [0.25, 0.3) is 28.6 Å². The fourth-order valence-electron chi connectivity index (χ4n) is 5.43. The van der Waals surface area contributed by atoms with Gasteiger partial charge in [-0.15, -0.1) is 65.4 Å². The fraction of sp³-hybridized carbons (Fsp3) is 0.245. The topological polar surface area (TPSA) is 44.6 Å². The van der Waals surface area contributed by atoms with Gasteiger partial charge in [0.05, 0.1) is 0 Å². The van der Waals surface area contributed by atoms with E-state index in [4.69, 9.17) is 0 Å². The van der Waals surface area contributed by atoms with Crippen LogP contribution in [-0.2, 0) is 48.6 Å². The summed E-state index contributed by atoms with van der Waals surface area (Å²) >= 11 is 0. The summed E-state index contributed by atoms with van der Waals surface area (Å²) in [5.41, 5.74) is 12.7. The van der Waals surface area contributed by atoms with Crippen LogP contribution in [0.1, 0.15) is 72.9 Å². The molecule has 60 heavy (non-hydrogen) atoms. The van der Waals surface area contributed by atoms with E-state index in [1.165, 1.54) is 22.4 Å². The van der Waals surface area contributed by atoms with Gasteiger partial charge >= 0.3 is 42.1 Å². The summed E-state index contributed by atoms with van der Waals surface area (Å²) in [6, 6.07) is 37.4. The number of aryl methyl sites for hydroxylation is 1. The van der Waals surface area contributed by atoms with Gasteiger partial charge in [0.1, 0.15) is 0 Å². The summed E-state index contributed by atoms with van der Waals surface area (Å²) in [7, 11) is 3.82. The van der Waals surface area contributed by atoms with E-state index < -0.39 is 0 Å². The molecule has 0 fully saturated rings. The number of allylic oxidation sites excluding steroid dienone is 6. The normalized spacial score (nSPS) is 11.5. The summed E-state index contributed by atoms with van der Waals surface area (Å²) in [4.78, 5) is 16.8. The largest absolute Gasteiger partial charge is 2.00 e. The molecule has 5 aromatic rings. The van der Waals surface area contributed by atoms with Gasteiger partial charge in [-0.3, -0.25) is 0 Å². The third-order valence-electron chi connectivity index (χ3n) is 9.31. The Morgan fingerprint density at radius 2 is 1.43 bits per heavy atom. The molecule has 0 radical (unpaired) electrons. The standard InChI is InChI=1S/C25H20N2.C22H27N2.C3H7N.C2H6.CH3.2Pt/c1-3-19(2)27(23-13-5-4-6-14-23)24-15-9-12-21(16-24)25-17-20-10-7-8-11-22(20)18-26-25;1-17(22(3,4)5)13-14-18(2)24(6)20-11-9-10-19(16-20)21-12-7-8-15-23-21;1-3-4-2;1-2;;;/h4-6,8-9,11-15,17-18H,1-2,7,10H2;7-15H,1-6H3;3H,1-2H3;1-2H3;1H3;;/q-2;-1;;;-1;2*+2/b;17-13+,18-14+;;;;;. The van der Waals surface area contributed by atoms with E-state index in [9.17, 15) is 0 Å². The molecule has 2 heterocycles. The molecule has 0 saturated carbocycles. The molecule has 0 aliphatic heterocycles. The van der Waals surface area contributed by atoms with Gasteiger partial charge in [0.2, 0.25) is 0 Å². The van der Waals surface area contributed by atoms with Crippen LogP contribution in [0.3, 0.4) is 0 Å². The van der Waals surface area contributed by atoms with Crippen molar-refractivity contribution in [2.75, 3.05) is 23.9 Å². The molecule has 1 aliphatic carbocycles. The quantitative estimate of drug-likeness (QED) is 0.0838. The second-order valence-corrected chi connectivity index (χ2v) is 14.1. The molecule has 0 N–H and O–H groups in total. The molecular weight excluding hydrogens is 1100 g/mol. The van der Waals surface area contributed by atoms with Gasteiger partial charge < -0.3 is 32.2 Å². The first-order chi connectivity index (χ1) is 27.5. The van der Waals surface area contributed by atoms with E-state index in [-0.39, 0.29) is 55.0 Å². The van der Waals surface area contributed by atoms with Crippen molar-refractivity contribution < 1.29 is 42.1 Å². The van der Waals surface area contributed by atoms with Crippen molar-refractivity contribution >= 4 is 29.4 Å². The molecular formula is C53H63N5Pt2. The van der Waals surface area contributed by atoms with E-state index in [0.717, 1.165) is 52.4 Å². The average Bonchev–Trinajstić information content (AvgIpc) is 3.26. The van der Waals surface area contributed by atoms with Crippen LogP contribution < -0.4 is 9.80 Å². The number of para-hydroxylation sites is 1. The van der Waals surface area contributed by atoms with Gasteiger partial charge in [-0.25, -0.2) is 12.7 Å². The molecule has 0 atom stereocenters. The SMILES string of the molecule is C/C(=C\C=C(/C)C(C)(C)C)N(C)c1[c-]c(-c2ccccn2)ccc1.C=[C-]C(=C)N(c1[c-]c(-c2cc3c(cn2)C=CCC3)ccc1)c1ccccc1.CC.CC=NC.[CH3-].[Pt+2].[Pt+2]. The number of nitrogens with zero attached hydrogens (tertiary/aromatic N) is 5. The Morgan fingerprint density at radius 1 is 0.833 bits per heavy atom. The number of aromatic nitrogens is 2. The zero-order valence-corrected chi connectivity index (χ0v) is 41.9. The predicted octanol–water partition coefficient (Wildman–Crippen LogP) is 14.2. The molecule has 1 aliphatic rings. The number of hydrogen-bond donors (Lipinski definition) is 0. The molecule has 0 saturated heterocycles. The van der Waals surface area contributed by atoms with Gasteiger partial charge in [-0.2, -0.15) is 6.58 Å². The zero-order chi connectivity index (χ0) is 41.8. The predicted molar refractivity (Wildman–Crippen MR) is 254 cm³/mol. The third kappa shape index (κ3) is 16.8. The average molecular weight is 1160 g/mol. The number of anilines is 3. The number of aliphatic imine (C=N–C) groups is 1. The van der Waals surface area contributed by atoms with Crippen LogP contribution in [-0.4, -0.2) is 30.3 Å². The van der Waals surface area contributed by atoms with Crippen LogP contribution in [0, 0.1) is 31.1 Å². The van der Waals surface area contributed by atoms with Crippen molar-refractivity contribution in [1.29, 1.82) is 0 Å². The number of hydrogen-bond acceptors (Lipinski definition) is 5. The van der Waals surface area contributed by atoms with Crippen molar-refractivity contribution in [1.82, 2.24) is 9.97 Å². The third-order valence-corrected chi connectivity index (χ3v) is 9.31. The van der Waals surface area contributed by atoms with Crippen LogP contribution in [0.15, 0.2) is 157 Å². The fourth-order valence-corrected chi connectivity index (χ4v) is 5.43. The summed E-state index contributed by atoms with van der Waals surface area (Å²) in [5, 5.41) is 0. The Labute approximate surface area is 392 Å². The summed E-state index contributed by atoms with van der Waals surface area (Å²) in [6.07, 6.45) is 19.3. The minimum absolute atomic E-state index is 0. The van der Waals surface area contributed by atoms with E-state index >= 15 is 0 Å². The summed E-state index contributed by atoms with van der Waals surface area (Å²) < 4.78 is 0. The zero-order valence-electron chi connectivity index (χ0n) is 37.4. The van der Waals surface area contributed by atoms with Gasteiger partial charge in [0.15, 0.2) is 0 Å². The summed E-state index contributed by atoms with van der Waals surface area (Å²) in [6.45, 7) is 24.7. The Morgan fingerprint density at radius 3 is 2.02 bits per heavy atom. The second-order valence-electron chi connectivity index (χ2n) is 14.1. The van der Waals surface area contributed by atoms with E-state index in [1.54, 1.807) is 13.3 Å². The van der Waals surface area contributed by atoms with Crippen LogP contribution >= 0.6 is 0 Å². The first-order valence-electron chi connectivity index (χ1n) is 19.6. The van der Waals surface area contributed by atoms with E-state index in [2.05, 4.69) is 135 Å². The minimum atomic E-state index is 0. The van der Waals surface area contributed by atoms with Crippen molar-refractivity contribution in [3.63, 3.8) is 0 Å². The number of fused-ring (bicyclic) bond motifs is 1. The maximum atomic E-state index is 4.65. The van der Waals surface area contributed by atoms with Crippen LogP contribution in [0.2, 0.25) is 0 Å². The first-order valence-corrected chi connectivity index (χ1v) is 19.6. The van der Waals surface area contributed by atoms with Gasteiger partial charge in [-0.1, -0.05) is 94.8 Å². The number of pyridine rings is 2. The Balaban J connectivity index is 0.000000988. The molecule has 6 rings (SSSR count).